The lowest BCUT2D eigenvalue weighted by atomic mass is 9.90. The van der Waals surface area contributed by atoms with E-state index < -0.39 is 0 Å². The van der Waals surface area contributed by atoms with E-state index >= 15 is 0 Å². The molecule has 0 radical (unpaired) electrons. The molecule has 3 aromatic heterocycles. The zero-order chi connectivity index (χ0) is 34.1. The van der Waals surface area contributed by atoms with Crippen molar-refractivity contribution in [3.63, 3.8) is 0 Å². The van der Waals surface area contributed by atoms with Crippen LogP contribution in [0.2, 0.25) is 0 Å². The molecule has 1 aliphatic carbocycles. The lowest BCUT2D eigenvalue weighted by molar-refractivity contribution is 1.20. The first-order valence-corrected chi connectivity index (χ1v) is 17.9. The highest BCUT2D eigenvalue weighted by molar-refractivity contribution is 6.26. The molecule has 0 amide bonds. The van der Waals surface area contributed by atoms with E-state index in [1.807, 2.05) is 34.9 Å². The van der Waals surface area contributed by atoms with Crippen molar-refractivity contribution in [3.05, 3.63) is 179 Å². The van der Waals surface area contributed by atoms with E-state index in [1.54, 1.807) is 0 Å². The van der Waals surface area contributed by atoms with Gasteiger partial charge in [0.1, 0.15) is 0 Å². The Hall–Kier alpha value is -6.84. The zero-order valence-electron chi connectivity index (χ0n) is 28.0. The van der Waals surface area contributed by atoms with E-state index in [0.717, 1.165) is 44.7 Å². The first-order chi connectivity index (χ1) is 25.7. The fourth-order valence-corrected chi connectivity index (χ4v) is 9.28. The van der Waals surface area contributed by atoms with Crippen LogP contribution in [0.15, 0.2) is 163 Å². The number of benzene rings is 8. The fraction of sp³-hybridized carbons (Fsp3) is 0.0204. The van der Waals surface area contributed by atoms with Crippen LogP contribution in [0.1, 0.15) is 11.1 Å². The highest BCUT2D eigenvalue weighted by Crippen LogP contribution is 2.46. The van der Waals surface area contributed by atoms with Gasteiger partial charge in [-0.2, -0.15) is 0 Å². The van der Waals surface area contributed by atoms with Crippen molar-refractivity contribution >= 4 is 70.4 Å². The predicted molar refractivity (Wildman–Crippen MR) is 217 cm³/mol. The van der Waals surface area contributed by atoms with Crippen molar-refractivity contribution < 1.29 is 0 Å². The molecule has 8 aromatic carbocycles. The van der Waals surface area contributed by atoms with Crippen molar-refractivity contribution in [2.75, 3.05) is 0 Å². The van der Waals surface area contributed by atoms with Gasteiger partial charge in [-0.1, -0.05) is 115 Å². The van der Waals surface area contributed by atoms with Crippen molar-refractivity contribution in [2.45, 2.75) is 6.42 Å². The maximum atomic E-state index is 13.9. The number of nitrogens with zero attached hydrogens (tertiary/aromatic N) is 2. The third kappa shape index (κ3) is 3.64. The summed E-state index contributed by atoms with van der Waals surface area (Å²) >= 11 is 0. The molecule has 240 valence electrons. The summed E-state index contributed by atoms with van der Waals surface area (Å²) < 4.78 is 1.87. The number of hydrogen-bond donors (Lipinski definition) is 0. The second-order valence-electron chi connectivity index (χ2n) is 14.2. The summed E-state index contributed by atoms with van der Waals surface area (Å²) in [4.78, 5) is 18.7. The van der Waals surface area contributed by atoms with E-state index in [4.69, 9.17) is 4.98 Å². The molecule has 3 heterocycles. The summed E-state index contributed by atoms with van der Waals surface area (Å²) in [7, 11) is 0. The summed E-state index contributed by atoms with van der Waals surface area (Å²) in [5.74, 6) is 0. The summed E-state index contributed by atoms with van der Waals surface area (Å²) in [5.41, 5.74) is 12.8. The van der Waals surface area contributed by atoms with Gasteiger partial charge in [-0.25, -0.2) is 0 Å². The molecule has 0 spiro atoms. The largest absolute Gasteiger partial charge is 0.273 e. The monoisotopic (exact) mass is 660 g/mol. The number of rotatable bonds is 2. The minimum Gasteiger partial charge on any atom is -0.273 e. The van der Waals surface area contributed by atoms with Crippen molar-refractivity contribution in [1.82, 2.24) is 9.38 Å². The smallest absolute Gasteiger partial charge is 0.263 e. The van der Waals surface area contributed by atoms with Gasteiger partial charge in [-0.05, 0) is 120 Å². The molecule has 12 rings (SSSR count). The first kappa shape index (κ1) is 27.9. The zero-order valence-corrected chi connectivity index (χ0v) is 28.0. The van der Waals surface area contributed by atoms with Crippen molar-refractivity contribution in [3.8, 4) is 33.4 Å². The van der Waals surface area contributed by atoms with E-state index in [0.29, 0.717) is 5.39 Å². The molecule has 0 fully saturated rings. The SMILES string of the molecule is O=c1c2ccccc2c2nccc3c4cc(-c5cccc6c5-c5cc(-c7ccc8c9ccccc9c9ccccc9c8c7)ccc5C6)ccc4n1c32. The highest BCUT2D eigenvalue weighted by atomic mass is 16.1. The van der Waals surface area contributed by atoms with Crippen LogP contribution in [0.3, 0.4) is 0 Å². The molecular formula is C49H28N2O. The van der Waals surface area contributed by atoms with Gasteiger partial charge in [0.15, 0.2) is 0 Å². The fourth-order valence-electron chi connectivity index (χ4n) is 9.28. The molecular weight excluding hydrogens is 633 g/mol. The van der Waals surface area contributed by atoms with E-state index in [-0.39, 0.29) is 5.56 Å². The molecule has 0 N–H and O–H groups in total. The third-order valence-corrected chi connectivity index (χ3v) is 11.6. The maximum Gasteiger partial charge on any atom is 0.263 e. The molecule has 0 aliphatic heterocycles. The number of aromatic nitrogens is 2. The van der Waals surface area contributed by atoms with Gasteiger partial charge < -0.3 is 0 Å². The molecule has 52 heavy (non-hydrogen) atoms. The second-order valence-corrected chi connectivity index (χ2v) is 14.2. The molecule has 11 aromatic rings. The lowest BCUT2D eigenvalue weighted by Crippen LogP contribution is -2.13. The van der Waals surface area contributed by atoms with Crippen LogP contribution in [-0.4, -0.2) is 9.38 Å². The number of hydrogen-bond acceptors (Lipinski definition) is 2. The van der Waals surface area contributed by atoms with Crippen LogP contribution < -0.4 is 5.56 Å². The van der Waals surface area contributed by atoms with E-state index in [2.05, 4.69) is 127 Å². The van der Waals surface area contributed by atoms with Gasteiger partial charge in [0.25, 0.3) is 5.56 Å². The van der Waals surface area contributed by atoms with Crippen molar-refractivity contribution in [2.24, 2.45) is 0 Å². The Kier molecular flexibility index (Phi) is 5.43. The Morgan fingerprint density at radius 2 is 1.08 bits per heavy atom. The quantitative estimate of drug-likeness (QED) is 0.173. The van der Waals surface area contributed by atoms with E-state index in [1.165, 1.54) is 71.3 Å². The van der Waals surface area contributed by atoms with Gasteiger partial charge in [-0.3, -0.25) is 14.2 Å². The normalized spacial score (nSPS) is 12.6. The topological polar surface area (TPSA) is 34.4 Å². The molecule has 3 nitrogen and oxygen atoms in total. The van der Waals surface area contributed by atoms with Crippen LogP contribution in [0.25, 0.3) is 104 Å². The molecule has 1 aliphatic rings. The molecule has 0 atom stereocenters. The van der Waals surface area contributed by atoms with Crippen LogP contribution in [-0.2, 0) is 6.42 Å². The van der Waals surface area contributed by atoms with Gasteiger partial charge in [0.05, 0.1) is 16.6 Å². The first-order valence-electron chi connectivity index (χ1n) is 17.9. The van der Waals surface area contributed by atoms with Gasteiger partial charge in [0, 0.05) is 27.7 Å². The summed E-state index contributed by atoms with van der Waals surface area (Å²) in [6.45, 7) is 0. The van der Waals surface area contributed by atoms with Crippen LogP contribution >= 0.6 is 0 Å². The molecule has 0 unspecified atom stereocenters. The minimum absolute atomic E-state index is 0.000726. The summed E-state index contributed by atoms with van der Waals surface area (Å²) in [6, 6.07) is 54.7. The average Bonchev–Trinajstić information content (AvgIpc) is 3.76. The Morgan fingerprint density at radius 1 is 0.442 bits per heavy atom. The van der Waals surface area contributed by atoms with E-state index in [9.17, 15) is 4.79 Å². The average molecular weight is 661 g/mol. The molecule has 0 saturated heterocycles. The summed E-state index contributed by atoms with van der Waals surface area (Å²) in [5, 5.41) is 11.4. The Bertz CT molecular complexity index is 3370. The Balaban J connectivity index is 1.05. The van der Waals surface area contributed by atoms with Crippen LogP contribution in [0.5, 0.6) is 0 Å². The van der Waals surface area contributed by atoms with Gasteiger partial charge >= 0.3 is 0 Å². The third-order valence-electron chi connectivity index (χ3n) is 11.6. The Labute approximate surface area is 298 Å². The lowest BCUT2D eigenvalue weighted by Gasteiger charge is -2.14. The van der Waals surface area contributed by atoms with Gasteiger partial charge in [-0.15, -0.1) is 0 Å². The number of pyridine rings is 2. The molecule has 0 saturated carbocycles. The van der Waals surface area contributed by atoms with Crippen LogP contribution in [0, 0.1) is 0 Å². The molecule has 0 bridgehead atoms. The number of fused-ring (bicyclic) bond motifs is 14. The van der Waals surface area contributed by atoms with Gasteiger partial charge in [0.2, 0.25) is 0 Å². The standard InChI is InChI=1S/C49H28N2O/c52-49-41-14-6-5-13-39(41)47-48-40(22-23-50-47)44-27-31(19-21-45(44)51(48)49)33-15-7-8-32-24-30-17-16-28(25-42(30)46(32)33)29-18-20-38-36-11-2-1-9-34(36)35-10-3-4-12-37(35)43(38)26-29/h1-23,25-27H,24H2. The van der Waals surface area contributed by atoms with Crippen molar-refractivity contribution in [1.29, 1.82) is 0 Å². The van der Waals surface area contributed by atoms with Crippen LogP contribution in [0.4, 0.5) is 0 Å². The second kappa shape index (κ2) is 10.1. The Morgan fingerprint density at radius 3 is 1.87 bits per heavy atom. The highest BCUT2D eigenvalue weighted by Gasteiger charge is 2.24. The summed E-state index contributed by atoms with van der Waals surface area (Å²) in [6.07, 6.45) is 2.78. The predicted octanol–water partition coefficient (Wildman–Crippen LogP) is 12.0. The minimum atomic E-state index is 0.000726. The maximum absolute atomic E-state index is 13.9. The molecule has 3 heteroatoms.